The highest BCUT2D eigenvalue weighted by Gasteiger charge is 2.30. The predicted octanol–water partition coefficient (Wildman–Crippen LogP) is 4.15. The molecule has 0 saturated heterocycles. The van der Waals surface area contributed by atoms with Crippen LogP contribution >= 0.6 is 0 Å². The summed E-state index contributed by atoms with van der Waals surface area (Å²) in [4.78, 5) is 12.1. The molecular formula is C18H24O2. The highest BCUT2D eigenvalue weighted by atomic mass is 16.5. The lowest BCUT2D eigenvalue weighted by Gasteiger charge is -2.34. The molecule has 1 aromatic rings. The molecular weight excluding hydrogens is 248 g/mol. The zero-order chi connectivity index (χ0) is 14.5. The number of benzene rings is 1. The van der Waals surface area contributed by atoms with Crippen molar-refractivity contribution in [2.75, 3.05) is 0 Å². The lowest BCUT2D eigenvalue weighted by molar-refractivity contribution is -0.153. The number of rotatable bonds is 4. The van der Waals surface area contributed by atoms with Crippen molar-refractivity contribution in [3.63, 3.8) is 0 Å². The number of hydrogen-bond donors (Lipinski definition) is 0. The molecule has 1 aliphatic rings. The lowest BCUT2D eigenvalue weighted by Crippen LogP contribution is -2.33. The van der Waals surface area contributed by atoms with Gasteiger partial charge in [-0.3, -0.25) is 4.79 Å². The predicted molar refractivity (Wildman–Crippen MR) is 81.3 cm³/mol. The summed E-state index contributed by atoms with van der Waals surface area (Å²) in [5.41, 5.74) is 2.22. The van der Waals surface area contributed by atoms with Gasteiger partial charge in [-0.25, -0.2) is 0 Å². The molecule has 20 heavy (non-hydrogen) atoms. The number of carbonyl (C=O) groups is 1. The highest BCUT2D eigenvalue weighted by Crippen LogP contribution is 2.34. The molecule has 1 aromatic carbocycles. The first kappa shape index (κ1) is 14.8. The summed E-state index contributed by atoms with van der Waals surface area (Å²) < 4.78 is 5.71. The number of allylic oxidation sites excluding steroid dienone is 1. The number of ether oxygens (including phenoxy) is 1. The van der Waals surface area contributed by atoms with Gasteiger partial charge in [0, 0.05) is 0 Å². The normalized spacial score (nSPS) is 26.0. The van der Waals surface area contributed by atoms with Crippen LogP contribution < -0.4 is 0 Å². The van der Waals surface area contributed by atoms with Gasteiger partial charge in [0.15, 0.2) is 0 Å². The zero-order valence-electron chi connectivity index (χ0n) is 12.5. The minimum Gasteiger partial charge on any atom is -0.462 e. The first-order chi connectivity index (χ1) is 9.56. The van der Waals surface area contributed by atoms with Crippen molar-refractivity contribution in [2.45, 2.75) is 45.6 Å². The summed E-state index contributed by atoms with van der Waals surface area (Å²) in [5.74, 6) is 0.835. The molecule has 0 N–H and O–H groups in total. The Morgan fingerprint density at radius 3 is 2.65 bits per heavy atom. The Morgan fingerprint density at radius 2 is 2.00 bits per heavy atom. The molecule has 2 heteroatoms. The topological polar surface area (TPSA) is 26.3 Å². The Bertz CT molecular complexity index is 464. The molecule has 0 bridgehead atoms. The molecule has 0 aromatic heterocycles. The van der Waals surface area contributed by atoms with Crippen LogP contribution in [0.3, 0.4) is 0 Å². The molecule has 0 aliphatic heterocycles. The van der Waals surface area contributed by atoms with Crippen molar-refractivity contribution in [1.29, 1.82) is 0 Å². The summed E-state index contributed by atoms with van der Waals surface area (Å²) in [5, 5.41) is 0. The van der Waals surface area contributed by atoms with E-state index in [9.17, 15) is 4.79 Å². The fourth-order valence-electron chi connectivity index (χ4n) is 2.87. The molecule has 2 rings (SSSR count). The largest absolute Gasteiger partial charge is 0.462 e. The Kier molecular flexibility index (Phi) is 4.99. The van der Waals surface area contributed by atoms with Crippen molar-refractivity contribution in [3.8, 4) is 0 Å². The smallest absolute Gasteiger partial charge is 0.310 e. The van der Waals surface area contributed by atoms with Crippen LogP contribution in [0, 0.1) is 11.8 Å². The van der Waals surface area contributed by atoms with Crippen LogP contribution in [0.4, 0.5) is 0 Å². The Hall–Kier alpha value is -1.57. The van der Waals surface area contributed by atoms with Gasteiger partial charge in [-0.1, -0.05) is 49.4 Å². The quantitative estimate of drug-likeness (QED) is 0.608. The summed E-state index contributed by atoms with van der Waals surface area (Å²) in [6.07, 6.45) is 3.62. The molecule has 0 radical (unpaired) electrons. The molecule has 2 nitrogen and oxygen atoms in total. The number of esters is 1. The summed E-state index contributed by atoms with van der Waals surface area (Å²) in [6, 6.07) is 9.77. The first-order valence-corrected chi connectivity index (χ1v) is 7.45. The van der Waals surface area contributed by atoms with Gasteiger partial charge in [0.05, 0.1) is 6.42 Å². The maximum Gasteiger partial charge on any atom is 0.310 e. The standard InChI is InChI=1S/C18H24O2/c1-13(2)16-10-9-14(3)17(12-16)20-18(19)11-15-7-5-4-6-8-15/h4-8,14,16-17H,1,9-12H2,2-3H3/t14-,16+,17-/m1/s1. The van der Waals surface area contributed by atoms with Crippen LogP contribution in [0.25, 0.3) is 0 Å². The molecule has 1 saturated carbocycles. The van der Waals surface area contributed by atoms with E-state index in [0.717, 1.165) is 18.4 Å². The van der Waals surface area contributed by atoms with E-state index in [0.29, 0.717) is 18.3 Å². The van der Waals surface area contributed by atoms with Crippen molar-refractivity contribution >= 4 is 5.97 Å². The fraction of sp³-hybridized carbons (Fsp3) is 0.500. The number of hydrogen-bond acceptors (Lipinski definition) is 2. The third kappa shape index (κ3) is 3.96. The maximum absolute atomic E-state index is 12.1. The monoisotopic (exact) mass is 272 g/mol. The van der Waals surface area contributed by atoms with E-state index in [-0.39, 0.29) is 12.1 Å². The van der Waals surface area contributed by atoms with Gasteiger partial charge in [0.2, 0.25) is 0 Å². The van der Waals surface area contributed by atoms with Crippen LogP contribution in [0.1, 0.15) is 38.7 Å². The SMILES string of the molecule is C=C(C)[C@H]1CC[C@@H](C)[C@H](OC(=O)Cc2ccccc2)C1. The summed E-state index contributed by atoms with van der Waals surface area (Å²) in [7, 11) is 0. The van der Waals surface area contributed by atoms with Gasteiger partial charge in [0.1, 0.15) is 6.10 Å². The third-order valence-corrected chi connectivity index (χ3v) is 4.29. The second-order valence-electron chi connectivity index (χ2n) is 6.02. The van der Waals surface area contributed by atoms with Gasteiger partial charge < -0.3 is 4.74 Å². The van der Waals surface area contributed by atoms with Gasteiger partial charge in [-0.2, -0.15) is 0 Å². The van der Waals surface area contributed by atoms with E-state index >= 15 is 0 Å². The molecule has 0 amide bonds. The van der Waals surface area contributed by atoms with Gasteiger partial charge in [-0.15, -0.1) is 0 Å². The zero-order valence-corrected chi connectivity index (χ0v) is 12.5. The van der Waals surface area contributed by atoms with Crippen LogP contribution in [0.15, 0.2) is 42.5 Å². The third-order valence-electron chi connectivity index (χ3n) is 4.29. The second kappa shape index (κ2) is 6.74. The molecule has 0 heterocycles. The number of carbonyl (C=O) groups excluding carboxylic acids is 1. The molecule has 3 atom stereocenters. The highest BCUT2D eigenvalue weighted by molar-refractivity contribution is 5.72. The van der Waals surface area contributed by atoms with Crippen molar-refractivity contribution in [3.05, 3.63) is 48.0 Å². The molecule has 0 unspecified atom stereocenters. The van der Waals surface area contributed by atoms with E-state index in [1.54, 1.807) is 0 Å². The minimum atomic E-state index is -0.115. The van der Waals surface area contributed by atoms with E-state index in [1.165, 1.54) is 12.0 Å². The Morgan fingerprint density at radius 1 is 1.30 bits per heavy atom. The van der Waals surface area contributed by atoms with E-state index in [4.69, 9.17) is 4.74 Å². The van der Waals surface area contributed by atoms with Crippen molar-refractivity contribution in [1.82, 2.24) is 0 Å². The van der Waals surface area contributed by atoms with Gasteiger partial charge >= 0.3 is 5.97 Å². The van der Waals surface area contributed by atoms with E-state index in [1.807, 2.05) is 30.3 Å². The molecule has 108 valence electrons. The Labute approximate surface area is 121 Å². The van der Waals surface area contributed by atoms with Crippen molar-refractivity contribution < 1.29 is 9.53 Å². The maximum atomic E-state index is 12.1. The lowest BCUT2D eigenvalue weighted by atomic mass is 9.78. The first-order valence-electron chi connectivity index (χ1n) is 7.45. The summed E-state index contributed by atoms with van der Waals surface area (Å²) >= 11 is 0. The fourth-order valence-corrected chi connectivity index (χ4v) is 2.87. The average molecular weight is 272 g/mol. The van der Waals surface area contributed by atoms with Gasteiger partial charge in [0.25, 0.3) is 0 Å². The van der Waals surface area contributed by atoms with Crippen molar-refractivity contribution in [2.24, 2.45) is 11.8 Å². The van der Waals surface area contributed by atoms with Gasteiger partial charge in [-0.05, 0) is 43.6 Å². The minimum absolute atomic E-state index is 0.0432. The van der Waals surface area contributed by atoms with E-state index in [2.05, 4.69) is 20.4 Å². The van der Waals surface area contributed by atoms with Crippen LogP contribution in [0.2, 0.25) is 0 Å². The van der Waals surface area contributed by atoms with Crippen LogP contribution in [0.5, 0.6) is 0 Å². The molecule has 1 aliphatic carbocycles. The summed E-state index contributed by atoms with van der Waals surface area (Å²) in [6.45, 7) is 8.29. The van der Waals surface area contributed by atoms with Crippen LogP contribution in [-0.4, -0.2) is 12.1 Å². The Balaban J connectivity index is 1.90. The average Bonchev–Trinajstić information content (AvgIpc) is 2.42. The second-order valence-corrected chi connectivity index (χ2v) is 6.02. The molecule has 1 fully saturated rings. The van der Waals surface area contributed by atoms with Crippen LogP contribution in [-0.2, 0) is 16.0 Å². The molecule has 0 spiro atoms. The van der Waals surface area contributed by atoms with E-state index < -0.39 is 0 Å².